The third-order valence-corrected chi connectivity index (χ3v) is 6.51. The minimum Gasteiger partial charge on any atom is -0.493 e. The van der Waals surface area contributed by atoms with E-state index in [1.165, 1.54) is 18.2 Å². The third kappa shape index (κ3) is 5.90. The van der Waals surface area contributed by atoms with Gasteiger partial charge in [-0.05, 0) is 67.5 Å². The van der Waals surface area contributed by atoms with Gasteiger partial charge >= 0.3 is 6.61 Å². The molecule has 2 aliphatic carbocycles. The van der Waals surface area contributed by atoms with Gasteiger partial charge in [0.2, 0.25) is 0 Å². The lowest BCUT2D eigenvalue weighted by Crippen LogP contribution is -2.41. The van der Waals surface area contributed by atoms with Gasteiger partial charge in [0.15, 0.2) is 23.0 Å². The molecule has 34 heavy (non-hydrogen) atoms. The van der Waals surface area contributed by atoms with Gasteiger partial charge in [-0.1, -0.05) is 18.9 Å². The Morgan fingerprint density at radius 1 is 0.941 bits per heavy atom. The molecular formula is C26H31F2NO5. The van der Waals surface area contributed by atoms with Crippen molar-refractivity contribution in [2.24, 2.45) is 5.92 Å². The van der Waals surface area contributed by atoms with Crippen LogP contribution in [0.15, 0.2) is 36.4 Å². The third-order valence-electron chi connectivity index (χ3n) is 6.51. The number of carbonyl (C=O) groups is 1. The van der Waals surface area contributed by atoms with Gasteiger partial charge in [0, 0.05) is 17.5 Å². The molecule has 0 heterocycles. The lowest BCUT2D eigenvalue weighted by molar-refractivity contribution is -0.0515. The molecule has 2 aliphatic rings. The summed E-state index contributed by atoms with van der Waals surface area (Å²) in [5.41, 5.74) is 1.43. The van der Waals surface area contributed by atoms with E-state index in [9.17, 15) is 13.6 Å². The van der Waals surface area contributed by atoms with Crippen molar-refractivity contribution in [1.29, 1.82) is 0 Å². The van der Waals surface area contributed by atoms with Crippen LogP contribution < -0.4 is 24.3 Å². The molecule has 4 rings (SSSR count). The number of amides is 1. The maximum absolute atomic E-state index is 13.1. The molecular weight excluding hydrogens is 444 g/mol. The second-order valence-electron chi connectivity index (χ2n) is 8.88. The highest BCUT2D eigenvalue weighted by molar-refractivity contribution is 5.95. The Hall–Kier alpha value is -3.03. The van der Waals surface area contributed by atoms with Crippen molar-refractivity contribution in [2.75, 3.05) is 20.8 Å². The molecule has 1 N–H and O–H groups in total. The van der Waals surface area contributed by atoms with Crippen LogP contribution in [0.2, 0.25) is 0 Å². The highest BCUT2D eigenvalue weighted by Crippen LogP contribution is 2.38. The Kier molecular flexibility index (Phi) is 7.75. The molecule has 0 saturated heterocycles. The first-order chi connectivity index (χ1) is 16.5. The number of benzene rings is 2. The first-order valence-electron chi connectivity index (χ1n) is 11.7. The van der Waals surface area contributed by atoms with E-state index in [-0.39, 0.29) is 29.4 Å². The van der Waals surface area contributed by atoms with Crippen molar-refractivity contribution in [3.05, 3.63) is 47.5 Å². The zero-order valence-electron chi connectivity index (χ0n) is 19.5. The van der Waals surface area contributed by atoms with Crippen LogP contribution in [0, 0.1) is 5.92 Å². The van der Waals surface area contributed by atoms with Gasteiger partial charge in [0.25, 0.3) is 5.91 Å². The number of rotatable bonds is 10. The highest BCUT2D eigenvalue weighted by Gasteiger charge is 2.29. The molecule has 0 bridgehead atoms. The second-order valence-corrected chi connectivity index (χ2v) is 8.88. The van der Waals surface area contributed by atoms with E-state index in [2.05, 4.69) is 10.1 Å². The van der Waals surface area contributed by atoms with E-state index in [1.807, 2.05) is 18.2 Å². The fraction of sp³-hybridized carbons (Fsp3) is 0.500. The summed E-state index contributed by atoms with van der Waals surface area (Å²) in [6, 6.07) is 10.1. The van der Waals surface area contributed by atoms with Crippen molar-refractivity contribution in [3.8, 4) is 23.0 Å². The Morgan fingerprint density at radius 2 is 1.68 bits per heavy atom. The molecule has 2 aromatic rings. The molecule has 8 heteroatoms. The summed E-state index contributed by atoms with van der Waals surface area (Å²) >= 11 is 0. The first kappa shape index (κ1) is 24.1. The van der Waals surface area contributed by atoms with E-state index in [0.717, 1.165) is 44.1 Å². The number of nitrogens with one attached hydrogen (secondary N) is 1. The summed E-state index contributed by atoms with van der Waals surface area (Å²) in [6.07, 6.45) is 6.00. The summed E-state index contributed by atoms with van der Waals surface area (Å²) in [6.45, 7) is -2.54. The van der Waals surface area contributed by atoms with Crippen LogP contribution in [0.1, 0.15) is 60.4 Å². The number of alkyl halides is 2. The Balaban J connectivity index is 1.51. The molecule has 2 unspecified atom stereocenters. The van der Waals surface area contributed by atoms with Crippen molar-refractivity contribution in [3.63, 3.8) is 0 Å². The van der Waals surface area contributed by atoms with Crippen LogP contribution in [0.25, 0.3) is 0 Å². The minimum atomic E-state index is -2.97. The summed E-state index contributed by atoms with van der Waals surface area (Å²) in [7, 11) is 3.20. The Labute approximate surface area is 198 Å². The molecule has 6 nitrogen and oxygen atoms in total. The molecule has 2 aromatic carbocycles. The average molecular weight is 476 g/mol. The standard InChI is InChI=1S/C26H31F2NO5/c1-31-21-11-9-17(13-23(21)32-2)19-5-3-4-6-20(19)29-25(30)18-10-12-22(34-26(27)28)24(14-18)33-15-16-7-8-16/h9-14,16,19-20,26H,3-8,15H2,1-2H3,(H,29,30). The summed E-state index contributed by atoms with van der Waals surface area (Å²) < 4.78 is 46.7. The smallest absolute Gasteiger partial charge is 0.387 e. The van der Waals surface area contributed by atoms with Gasteiger partial charge in [-0.25, -0.2) is 0 Å². The average Bonchev–Trinajstić information content (AvgIpc) is 3.67. The van der Waals surface area contributed by atoms with Gasteiger partial charge in [-0.15, -0.1) is 0 Å². The summed E-state index contributed by atoms with van der Waals surface area (Å²) in [5, 5.41) is 3.16. The summed E-state index contributed by atoms with van der Waals surface area (Å²) in [5.74, 6) is 1.71. The van der Waals surface area contributed by atoms with Crippen molar-refractivity contribution < 1.29 is 32.5 Å². The van der Waals surface area contributed by atoms with Crippen LogP contribution in [0.3, 0.4) is 0 Å². The highest BCUT2D eigenvalue weighted by atomic mass is 19.3. The van der Waals surface area contributed by atoms with E-state index < -0.39 is 6.61 Å². The number of halogens is 2. The van der Waals surface area contributed by atoms with Crippen molar-refractivity contribution in [2.45, 2.75) is 57.1 Å². The maximum Gasteiger partial charge on any atom is 0.387 e. The van der Waals surface area contributed by atoms with Gasteiger partial charge in [0.05, 0.1) is 20.8 Å². The van der Waals surface area contributed by atoms with Gasteiger partial charge < -0.3 is 24.3 Å². The molecule has 0 aromatic heterocycles. The fourth-order valence-corrected chi connectivity index (χ4v) is 4.49. The fourth-order valence-electron chi connectivity index (χ4n) is 4.49. The Bertz CT molecular complexity index is 995. The van der Waals surface area contributed by atoms with Crippen LogP contribution in [-0.2, 0) is 0 Å². The van der Waals surface area contributed by atoms with Crippen LogP contribution in [-0.4, -0.2) is 39.4 Å². The quantitative estimate of drug-likeness (QED) is 0.488. The number of methoxy groups -OCH3 is 2. The zero-order valence-corrected chi connectivity index (χ0v) is 19.5. The molecule has 0 radical (unpaired) electrons. The van der Waals surface area contributed by atoms with Crippen LogP contribution >= 0.6 is 0 Å². The van der Waals surface area contributed by atoms with Gasteiger partial charge in [0.1, 0.15) is 0 Å². The lowest BCUT2D eigenvalue weighted by atomic mass is 9.79. The van der Waals surface area contributed by atoms with Crippen LogP contribution in [0.5, 0.6) is 23.0 Å². The van der Waals surface area contributed by atoms with Gasteiger partial charge in [-0.2, -0.15) is 8.78 Å². The number of hydrogen-bond acceptors (Lipinski definition) is 5. The lowest BCUT2D eigenvalue weighted by Gasteiger charge is -2.33. The van der Waals surface area contributed by atoms with Gasteiger partial charge in [-0.3, -0.25) is 4.79 Å². The molecule has 1 amide bonds. The van der Waals surface area contributed by atoms with Crippen molar-refractivity contribution >= 4 is 5.91 Å². The Morgan fingerprint density at radius 3 is 2.38 bits per heavy atom. The van der Waals surface area contributed by atoms with E-state index >= 15 is 0 Å². The maximum atomic E-state index is 13.1. The largest absolute Gasteiger partial charge is 0.493 e. The predicted octanol–water partition coefficient (Wildman–Crippen LogP) is 5.55. The first-order valence-corrected chi connectivity index (χ1v) is 11.7. The SMILES string of the molecule is COc1ccc(C2CCCCC2NC(=O)c2ccc(OC(F)F)c(OCC3CC3)c2)cc1OC. The molecule has 2 fully saturated rings. The van der Waals surface area contributed by atoms with E-state index in [0.29, 0.717) is 29.6 Å². The number of hydrogen-bond donors (Lipinski definition) is 1. The topological polar surface area (TPSA) is 66.0 Å². The van der Waals surface area contributed by atoms with E-state index in [1.54, 1.807) is 14.2 Å². The minimum absolute atomic E-state index is 0.0620. The van der Waals surface area contributed by atoms with E-state index in [4.69, 9.17) is 14.2 Å². The monoisotopic (exact) mass is 475 g/mol. The normalized spacial score (nSPS) is 20.0. The molecule has 2 atom stereocenters. The summed E-state index contributed by atoms with van der Waals surface area (Å²) in [4.78, 5) is 13.1. The molecule has 0 aliphatic heterocycles. The predicted molar refractivity (Wildman–Crippen MR) is 123 cm³/mol. The number of ether oxygens (including phenoxy) is 4. The zero-order chi connectivity index (χ0) is 24.1. The molecule has 0 spiro atoms. The number of carbonyl (C=O) groups excluding carboxylic acids is 1. The molecule has 184 valence electrons. The second kappa shape index (κ2) is 10.9. The van der Waals surface area contributed by atoms with Crippen LogP contribution in [0.4, 0.5) is 8.78 Å². The van der Waals surface area contributed by atoms with Crippen molar-refractivity contribution in [1.82, 2.24) is 5.32 Å². The molecule has 2 saturated carbocycles.